The largest absolute Gasteiger partial charge is 0.390 e. The second kappa shape index (κ2) is 4.21. The van der Waals surface area contributed by atoms with Crippen molar-refractivity contribution in [2.24, 2.45) is 0 Å². The first-order chi connectivity index (χ1) is 4.80. The van der Waals surface area contributed by atoms with E-state index >= 15 is 0 Å². The molecule has 60 valence electrons. The van der Waals surface area contributed by atoms with E-state index in [1.165, 1.54) is 0 Å². The Labute approximate surface area is 65.6 Å². The first-order valence-electron chi connectivity index (χ1n) is 3.74. The smallest absolute Gasteiger partial charge is 0.0807 e. The summed E-state index contributed by atoms with van der Waals surface area (Å²) in [5.41, 5.74) is 0. The van der Waals surface area contributed by atoms with Gasteiger partial charge in [0.1, 0.15) is 0 Å². The van der Waals surface area contributed by atoms with Gasteiger partial charge >= 0.3 is 0 Å². The van der Waals surface area contributed by atoms with Crippen molar-refractivity contribution < 1.29 is 10.2 Å². The molecule has 0 bridgehead atoms. The fourth-order valence-corrected chi connectivity index (χ4v) is 2.07. The van der Waals surface area contributed by atoms with E-state index in [1.54, 1.807) is 0 Å². The SMILES string of the molecule is O[C@@H]1CCCSCC[C@H]1O. The van der Waals surface area contributed by atoms with Crippen LogP contribution < -0.4 is 0 Å². The van der Waals surface area contributed by atoms with Crippen LogP contribution in [0.2, 0.25) is 0 Å². The summed E-state index contributed by atoms with van der Waals surface area (Å²) in [7, 11) is 0. The molecule has 2 nitrogen and oxygen atoms in total. The predicted octanol–water partition coefficient (Wildman–Crippen LogP) is 0.625. The Morgan fingerprint density at radius 3 is 2.50 bits per heavy atom. The van der Waals surface area contributed by atoms with Crippen LogP contribution in [0.1, 0.15) is 19.3 Å². The van der Waals surface area contributed by atoms with Gasteiger partial charge in [0, 0.05) is 0 Å². The van der Waals surface area contributed by atoms with Crippen molar-refractivity contribution >= 4 is 11.8 Å². The van der Waals surface area contributed by atoms with E-state index in [4.69, 9.17) is 0 Å². The maximum absolute atomic E-state index is 9.22. The van der Waals surface area contributed by atoms with Crippen molar-refractivity contribution in [3.05, 3.63) is 0 Å². The lowest BCUT2D eigenvalue weighted by molar-refractivity contribution is 0.0125. The molecule has 1 aliphatic heterocycles. The lowest BCUT2D eigenvalue weighted by Gasteiger charge is -2.19. The number of rotatable bonds is 0. The molecule has 1 heterocycles. The molecule has 0 amide bonds. The molecule has 0 saturated carbocycles. The van der Waals surface area contributed by atoms with E-state index in [0.29, 0.717) is 0 Å². The molecule has 0 spiro atoms. The van der Waals surface area contributed by atoms with Gasteiger partial charge in [0.25, 0.3) is 0 Å². The van der Waals surface area contributed by atoms with Crippen LogP contribution in [-0.2, 0) is 0 Å². The number of hydrogen-bond donors (Lipinski definition) is 2. The third-order valence-electron chi connectivity index (χ3n) is 1.79. The van der Waals surface area contributed by atoms with Gasteiger partial charge in [-0.25, -0.2) is 0 Å². The first-order valence-corrected chi connectivity index (χ1v) is 4.90. The fourth-order valence-electron chi connectivity index (χ4n) is 1.09. The average molecular weight is 162 g/mol. The highest BCUT2D eigenvalue weighted by Crippen LogP contribution is 2.16. The summed E-state index contributed by atoms with van der Waals surface area (Å²) in [6.45, 7) is 0. The van der Waals surface area contributed by atoms with Crippen LogP contribution in [-0.4, -0.2) is 33.9 Å². The maximum Gasteiger partial charge on any atom is 0.0807 e. The molecule has 2 N–H and O–H groups in total. The third kappa shape index (κ3) is 2.48. The molecular weight excluding hydrogens is 148 g/mol. The molecule has 0 aromatic rings. The van der Waals surface area contributed by atoms with E-state index in [9.17, 15) is 10.2 Å². The molecule has 1 rings (SSSR count). The molecular formula is C7H14O2S. The van der Waals surface area contributed by atoms with Gasteiger partial charge in [0.05, 0.1) is 12.2 Å². The van der Waals surface area contributed by atoms with Crippen LogP contribution in [0, 0.1) is 0 Å². The topological polar surface area (TPSA) is 40.5 Å². The van der Waals surface area contributed by atoms with Crippen LogP contribution in [0.15, 0.2) is 0 Å². The number of aliphatic hydroxyl groups excluding tert-OH is 2. The minimum atomic E-state index is -0.479. The first kappa shape index (κ1) is 8.37. The molecule has 10 heavy (non-hydrogen) atoms. The molecule has 3 heteroatoms. The fraction of sp³-hybridized carbons (Fsp3) is 1.00. The highest BCUT2D eigenvalue weighted by atomic mass is 32.2. The number of thioether (sulfide) groups is 1. The average Bonchev–Trinajstić information content (AvgIpc) is 1.92. The predicted molar refractivity (Wildman–Crippen MR) is 43.2 cm³/mol. The van der Waals surface area contributed by atoms with Gasteiger partial charge in [-0.1, -0.05) is 0 Å². The Balaban J connectivity index is 2.28. The molecule has 2 atom stereocenters. The van der Waals surface area contributed by atoms with Crippen LogP contribution >= 0.6 is 11.8 Å². The summed E-state index contributed by atoms with van der Waals surface area (Å²) in [4.78, 5) is 0. The van der Waals surface area contributed by atoms with Crippen molar-refractivity contribution in [1.29, 1.82) is 0 Å². The molecule has 0 aliphatic carbocycles. The summed E-state index contributed by atoms with van der Waals surface area (Å²) >= 11 is 1.86. The normalized spacial score (nSPS) is 36.6. The zero-order valence-electron chi connectivity index (χ0n) is 5.99. The van der Waals surface area contributed by atoms with Crippen molar-refractivity contribution in [3.63, 3.8) is 0 Å². The second-order valence-corrected chi connectivity index (χ2v) is 3.90. The summed E-state index contributed by atoms with van der Waals surface area (Å²) in [6, 6.07) is 0. The maximum atomic E-state index is 9.22. The Morgan fingerprint density at radius 1 is 1.00 bits per heavy atom. The van der Waals surface area contributed by atoms with Gasteiger partial charge in [0.15, 0.2) is 0 Å². The van der Waals surface area contributed by atoms with Gasteiger partial charge in [-0.2, -0.15) is 11.8 Å². The molecule has 1 aliphatic rings. The van der Waals surface area contributed by atoms with Gasteiger partial charge in [-0.15, -0.1) is 0 Å². The Kier molecular flexibility index (Phi) is 3.52. The monoisotopic (exact) mass is 162 g/mol. The summed E-state index contributed by atoms with van der Waals surface area (Å²) in [5, 5.41) is 18.4. The molecule has 1 fully saturated rings. The van der Waals surface area contributed by atoms with E-state index in [2.05, 4.69) is 0 Å². The lowest BCUT2D eigenvalue weighted by Crippen LogP contribution is -2.27. The van der Waals surface area contributed by atoms with Crippen molar-refractivity contribution in [2.45, 2.75) is 31.5 Å². The second-order valence-electron chi connectivity index (χ2n) is 2.68. The van der Waals surface area contributed by atoms with Crippen LogP contribution in [0.5, 0.6) is 0 Å². The summed E-state index contributed by atoms with van der Waals surface area (Å²) in [5.74, 6) is 2.11. The minimum Gasteiger partial charge on any atom is -0.390 e. The van der Waals surface area contributed by atoms with E-state index in [0.717, 1.165) is 30.8 Å². The van der Waals surface area contributed by atoms with Crippen LogP contribution in [0.25, 0.3) is 0 Å². The Hall–Kier alpha value is 0.270. The molecule has 0 unspecified atom stereocenters. The van der Waals surface area contributed by atoms with Crippen LogP contribution in [0.3, 0.4) is 0 Å². The number of hydrogen-bond acceptors (Lipinski definition) is 3. The van der Waals surface area contributed by atoms with Gasteiger partial charge < -0.3 is 10.2 Å². The van der Waals surface area contributed by atoms with Crippen molar-refractivity contribution in [1.82, 2.24) is 0 Å². The molecule has 0 radical (unpaired) electrons. The number of aliphatic hydroxyl groups is 2. The molecule has 0 aromatic heterocycles. The Bertz CT molecular complexity index is 85.6. The summed E-state index contributed by atoms with van der Waals surface area (Å²) < 4.78 is 0. The van der Waals surface area contributed by atoms with Crippen molar-refractivity contribution in [2.75, 3.05) is 11.5 Å². The van der Waals surface area contributed by atoms with Gasteiger partial charge in [-0.3, -0.25) is 0 Å². The van der Waals surface area contributed by atoms with Gasteiger partial charge in [0.2, 0.25) is 0 Å². The van der Waals surface area contributed by atoms with Crippen molar-refractivity contribution in [3.8, 4) is 0 Å². The standard InChI is InChI=1S/C7H14O2S/c8-6-2-1-4-10-5-3-7(6)9/h6-9H,1-5H2/t6-,7-/m1/s1. The van der Waals surface area contributed by atoms with E-state index < -0.39 is 12.2 Å². The van der Waals surface area contributed by atoms with E-state index in [-0.39, 0.29) is 0 Å². The zero-order valence-corrected chi connectivity index (χ0v) is 6.81. The molecule has 0 aromatic carbocycles. The highest BCUT2D eigenvalue weighted by Gasteiger charge is 2.17. The summed E-state index contributed by atoms with van der Waals surface area (Å²) in [6.07, 6.45) is 1.58. The Morgan fingerprint density at radius 2 is 1.70 bits per heavy atom. The molecule has 1 saturated heterocycles. The minimum absolute atomic E-state index is 0.471. The van der Waals surface area contributed by atoms with Crippen LogP contribution in [0.4, 0.5) is 0 Å². The van der Waals surface area contributed by atoms with Gasteiger partial charge in [-0.05, 0) is 30.8 Å². The van der Waals surface area contributed by atoms with E-state index in [1.807, 2.05) is 11.8 Å². The lowest BCUT2D eigenvalue weighted by atomic mass is 10.1. The third-order valence-corrected chi connectivity index (χ3v) is 2.89. The zero-order chi connectivity index (χ0) is 7.40. The quantitative estimate of drug-likeness (QED) is 0.549. The highest BCUT2D eigenvalue weighted by molar-refractivity contribution is 7.99.